The zero-order valence-electron chi connectivity index (χ0n) is 8.29. The van der Waals surface area contributed by atoms with Gasteiger partial charge < -0.3 is 10.4 Å². The third-order valence-corrected chi connectivity index (χ3v) is 2.01. The van der Waals surface area contributed by atoms with E-state index >= 15 is 0 Å². The van der Waals surface area contributed by atoms with Gasteiger partial charge in [0.1, 0.15) is 4.96 Å². The highest BCUT2D eigenvalue weighted by atomic mass is 16.9. The largest absolute Gasteiger partial charge is 0.590 e. The number of nitro groups is 2. The Bertz CT molecular complexity index is 686. The van der Waals surface area contributed by atoms with Gasteiger partial charge in [0.2, 0.25) is 0 Å². The van der Waals surface area contributed by atoms with Crippen molar-refractivity contribution in [3.05, 3.63) is 42.8 Å². The SMILES string of the molecule is O=[15N+]([O-])c1cc([15N+](=O)[O-])c2n[15n+]([O-])n[n+]([O-])c2c1. The zero-order valence-corrected chi connectivity index (χ0v) is 8.29. The van der Waals surface area contributed by atoms with Crippen molar-refractivity contribution in [2.45, 2.75) is 0 Å². The third kappa shape index (κ3) is 1.66. The van der Waals surface area contributed by atoms with Gasteiger partial charge in [-0.25, -0.2) is 0 Å². The van der Waals surface area contributed by atoms with Crippen LogP contribution in [-0.4, -0.2) is 20.2 Å². The summed E-state index contributed by atoms with van der Waals surface area (Å²) in [5, 5.41) is 49.2. The van der Waals surface area contributed by atoms with E-state index in [1.165, 1.54) is 0 Å². The van der Waals surface area contributed by atoms with E-state index in [4.69, 9.17) is 0 Å². The second kappa shape index (κ2) is 3.69. The molecule has 92 valence electrons. The number of rotatable bonds is 2. The minimum Gasteiger partial charge on any atom is -0.590 e. The van der Waals surface area contributed by atoms with Crippen molar-refractivity contribution in [1.29, 1.82) is 0 Å². The molecule has 12 heteroatoms. The molecule has 0 saturated heterocycles. The Morgan fingerprint density at radius 3 is 2.33 bits per heavy atom. The fourth-order valence-corrected chi connectivity index (χ4v) is 1.31. The summed E-state index contributed by atoms with van der Waals surface area (Å²) < 4.78 is 0. The van der Waals surface area contributed by atoms with E-state index in [9.17, 15) is 30.6 Å². The number of benzene rings is 1. The highest BCUT2D eigenvalue weighted by Gasteiger charge is 2.29. The second-order valence-corrected chi connectivity index (χ2v) is 3.06. The fraction of sp³-hybridized carbons (Fsp3) is 0. The van der Waals surface area contributed by atoms with Gasteiger partial charge in [-0.3, -0.25) is 20.2 Å². The van der Waals surface area contributed by atoms with Crippen LogP contribution in [0.1, 0.15) is 0 Å². The molecule has 2 aromatic rings. The van der Waals surface area contributed by atoms with Gasteiger partial charge in [-0.15, -0.1) is 0 Å². The summed E-state index contributed by atoms with van der Waals surface area (Å²) >= 11 is 0. The molecule has 1 aromatic heterocycles. The molecule has 0 aliphatic rings. The molecule has 0 bridgehead atoms. The standard InChI is InChI=1S/C6H2N6O6/c13-9-4-1-3(10(14)15)2-5(11(16)17)6(4)7-12(18)8-9/h1-2H/i10+1,11+1,12+1. The van der Waals surface area contributed by atoms with Crippen molar-refractivity contribution < 1.29 is 19.7 Å². The van der Waals surface area contributed by atoms with Crippen LogP contribution in [0.25, 0.3) is 11.0 Å². The predicted molar refractivity (Wildman–Crippen MR) is 50.8 cm³/mol. The van der Waals surface area contributed by atoms with Gasteiger partial charge >= 0.3 is 10.9 Å². The van der Waals surface area contributed by atoms with E-state index in [2.05, 4.69) is 10.3 Å². The Kier molecular flexibility index (Phi) is 2.32. The van der Waals surface area contributed by atoms with E-state index in [0.717, 1.165) is 6.07 Å². The maximum atomic E-state index is 11.2. The predicted octanol–water partition coefficient (Wildman–Crippen LogP) is -1.29. The van der Waals surface area contributed by atoms with Crippen LogP contribution >= 0.6 is 0 Å². The van der Waals surface area contributed by atoms with Crippen molar-refractivity contribution in [2.75, 3.05) is 0 Å². The molecule has 0 aliphatic carbocycles. The minimum absolute atomic E-state index is 0.269. The Balaban J connectivity index is 2.94. The Morgan fingerprint density at radius 1 is 1.11 bits per heavy atom. The minimum atomic E-state index is -0.984. The van der Waals surface area contributed by atoms with Gasteiger partial charge in [0.15, 0.2) is 0 Å². The van der Waals surface area contributed by atoms with Crippen molar-refractivity contribution in [1.82, 2.24) is 10.3 Å². The maximum absolute atomic E-state index is 11.2. The summed E-state index contributed by atoms with van der Waals surface area (Å²) in [5.41, 5.74) is -2.62. The van der Waals surface area contributed by atoms with E-state index in [1.807, 2.05) is 0 Å². The summed E-state index contributed by atoms with van der Waals surface area (Å²) in [6.07, 6.45) is 0. The van der Waals surface area contributed by atoms with Gasteiger partial charge in [0, 0.05) is 4.85 Å². The highest BCUT2D eigenvalue weighted by Crippen LogP contribution is 2.26. The Hall–Kier alpha value is -3.18. The molecule has 0 amide bonds. The molecule has 1 heterocycles. The van der Waals surface area contributed by atoms with Crippen LogP contribution in [-0.2, 0) is 0 Å². The van der Waals surface area contributed by atoms with Crippen LogP contribution in [0, 0.1) is 30.6 Å². The van der Waals surface area contributed by atoms with Crippen LogP contribution in [0.5, 0.6) is 0 Å². The lowest BCUT2D eigenvalue weighted by Crippen LogP contribution is -2.50. The van der Waals surface area contributed by atoms with E-state index < -0.39 is 37.2 Å². The first-order valence-corrected chi connectivity index (χ1v) is 4.24. The van der Waals surface area contributed by atoms with Crippen LogP contribution < -0.4 is 9.80 Å². The number of aromatic nitrogens is 4. The summed E-state index contributed by atoms with van der Waals surface area (Å²) in [4.78, 5) is 18.7. The zero-order chi connectivity index (χ0) is 13.4. The first-order chi connectivity index (χ1) is 8.40. The molecule has 0 radical (unpaired) electrons. The first-order valence-electron chi connectivity index (χ1n) is 4.24. The number of fused-ring (bicyclic) bond motifs is 1. The summed E-state index contributed by atoms with van der Waals surface area (Å²) in [5.74, 6) is 0. The number of hydrogen-bond acceptors (Lipinski definition) is 8. The van der Waals surface area contributed by atoms with E-state index in [0.29, 0.717) is 6.07 Å². The third-order valence-electron chi connectivity index (χ3n) is 2.01. The molecule has 0 unspecified atom stereocenters. The molecule has 0 fully saturated rings. The lowest BCUT2D eigenvalue weighted by atomic mass is 10.2. The normalized spacial score (nSPS) is 10.4. The summed E-state index contributed by atoms with van der Waals surface area (Å²) in [6, 6.07) is 1.35. The first kappa shape index (κ1) is 11.3. The van der Waals surface area contributed by atoms with Crippen LogP contribution in [0.2, 0.25) is 0 Å². The maximum Gasteiger partial charge on any atom is 0.326 e. The molecule has 0 aliphatic heterocycles. The van der Waals surface area contributed by atoms with Crippen LogP contribution in [0.3, 0.4) is 0 Å². The monoisotopic (exact) mass is 257 g/mol. The van der Waals surface area contributed by atoms with Crippen molar-refractivity contribution in [2.24, 2.45) is 0 Å². The number of hydrogen-bond donors (Lipinski definition) is 0. The van der Waals surface area contributed by atoms with Gasteiger partial charge in [0.25, 0.3) is 16.7 Å². The lowest BCUT2D eigenvalue weighted by Gasteiger charge is -1.97. The topological polar surface area (TPSA) is 166 Å². The molecule has 0 N–H and O–H groups in total. The molecule has 0 saturated carbocycles. The van der Waals surface area contributed by atoms with E-state index in [1.54, 1.807) is 0 Å². The van der Waals surface area contributed by atoms with Crippen LogP contribution in [0.15, 0.2) is 12.1 Å². The molecule has 0 spiro atoms. The van der Waals surface area contributed by atoms with Gasteiger partial charge in [-0.1, -0.05) is 0 Å². The van der Waals surface area contributed by atoms with Gasteiger partial charge in [-0.05, 0) is 0 Å². The van der Waals surface area contributed by atoms with Crippen molar-refractivity contribution in [3.8, 4) is 0 Å². The van der Waals surface area contributed by atoms with Gasteiger partial charge in [0.05, 0.1) is 27.1 Å². The van der Waals surface area contributed by atoms with Gasteiger partial charge in [-0.2, -0.15) is 0 Å². The molecule has 12 nitrogen and oxygen atoms in total. The van der Waals surface area contributed by atoms with Crippen molar-refractivity contribution >= 4 is 22.4 Å². The molecule has 0 atom stereocenters. The number of non-ortho nitro benzene ring substituents is 2. The second-order valence-electron chi connectivity index (χ2n) is 3.06. The molecule has 2 rings (SSSR count). The van der Waals surface area contributed by atoms with Crippen molar-refractivity contribution in [3.63, 3.8) is 0 Å². The average molecular weight is 257 g/mol. The Labute approximate surface area is 96.1 Å². The number of nitro benzene ring substituents is 2. The quantitative estimate of drug-likeness (QED) is 0.210. The molecule has 1 aromatic carbocycles. The van der Waals surface area contributed by atoms with E-state index in [-0.39, 0.29) is 4.85 Å². The Morgan fingerprint density at radius 2 is 1.78 bits per heavy atom. The highest BCUT2D eigenvalue weighted by molar-refractivity contribution is 5.83. The number of nitrogens with zero attached hydrogens (tertiary/aromatic N) is 6. The smallest absolute Gasteiger partial charge is 0.326 e. The average Bonchev–Trinajstić information content (AvgIpc) is 2.27. The molecular weight excluding hydrogens is 255 g/mol. The fourth-order valence-electron chi connectivity index (χ4n) is 1.31. The van der Waals surface area contributed by atoms with Crippen LogP contribution in [0.4, 0.5) is 11.4 Å². The molecular formula is C6H2N6O6. The summed E-state index contributed by atoms with van der Waals surface area (Å²) in [7, 11) is 0. The summed E-state index contributed by atoms with van der Waals surface area (Å²) in [6.45, 7) is 0. The molecule has 18 heavy (non-hydrogen) atoms. The lowest BCUT2D eigenvalue weighted by molar-refractivity contribution is -0.863.